The zero-order valence-electron chi connectivity index (χ0n) is 14.1. The average Bonchev–Trinajstić information content (AvgIpc) is 3.03. The molecule has 2 amide bonds. The number of carbonyl (C=O) groups is 1. The summed E-state index contributed by atoms with van der Waals surface area (Å²) >= 11 is 7.34. The van der Waals surface area contributed by atoms with Gasteiger partial charge in [0.25, 0.3) is 0 Å². The van der Waals surface area contributed by atoms with Gasteiger partial charge in [0.15, 0.2) is 0 Å². The number of amides is 2. The van der Waals surface area contributed by atoms with Crippen LogP contribution in [0.25, 0.3) is 0 Å². The summed E-state index contributed by atoms with van der Waals surface area (Å²) in [4.78, 5) is 14.5. The van der Waals surface area contributed by atoms with E-state index in [1.54, 1.807) is 18.2 Å². The van der Waals surface area contributed by atoms with Crippen LogP contribution < -0.4 is 20.3 Å². The number of nitrogens with one attached hydrogen (secondary N) is 2. The molecule has 2 aromatic rings. The van der Waals surface area contributed by atoms with Gasteiger partial charge in [-0.25, -0.2) is 4.79 Å². The number of nitrogens with zero attached hydrogens (tertiary/aromatic N) is 3. The second-order valence-corrected chi connectivity index (χ2v) is 7.24. The largest absolute Gasteiger partial charge is 0.495 e. The number of aromatic nitrogens is 2. The van der Waals surface area contributed by atoms with Crippen molar-refractivity contribution in [3.8, 4) is 5.75 Å². The monoisotopic (exact) mass is 381 g/mol. The van der Waals surface area contributed by atoms with Crippen LogP contribution in [0.2, 0.25) is 5.02 Å². The van der Waals surface area contributed by atoms with Gasteiger partial charge in [-0.1, -0.05) is 22.9 Å². The van der Waals surface area contributed by atoms with E-state index in [2.05, 4.69) is 32.7 Å². The molecule has 1 aliphatic heterocycles. The zero-order chi connectivity index (χ0) is 17.8. The summed E-state index contributed by atoms with van der Waals surface area (Å²) < 4.78 is 5.21. The van der Waals surface area contributed by atoms with E-state index in [0.29, 0.717) is 27.6 Å². The van der Waals surface area contributed by atoms with Crippen LogP contribution in [0, 0.1) is 0 Å². The minimum atomic E-state index is -0.421. The van der Waals surface area contributed by atoms with E-state index >= 15 is 0 Å². The number of ether oxygens (including phenoxy) is 1. The van der Waals surface area contributed by atoms with E-state index in [1.165, 1.54) is 24.9 Å². The molecule has 9 heteroatoms. The van der Waals surface area contributed by atoms with Gasteiger partial charge < -0.3 is 15.0 Å². The van der Waals surface area contributed by atoms with E-state index < -0.39 is 6.03 Å². The number of hydrogen-bond acceptors (Lipinski definition) is 6. The first-order valence-corrected chi connectivity index (χ1v) is 9.28. The van der Waals surface area contributed by atoms with Crippen LogP contribution in [-0.4, -0.2) is 35.9 Å². The Kier molecular flexibility index (Phi) is 5.60. The molecule has 1 atom stereocenters. The highest BCUT2D eigenvalue weighted by Gasteiger charge is 2.22. The van der Waals surface area contributed by atoms with Gasteiger partial charge in [0, 0.05) is 17.6 Å². The highest BCUT2D eigenvalue weighted by molar-refractivity contribution is 7.19. The Morgan fingerprint density at radius 2 is 2.20 bits per heavy atom. The van der Waals surface area contributed by atoms with Gasteiger partial charge in [-0.05, 0) is 44.4 Å². The number of benzene rings is 1. The fourth-order valence-corrected chi connectivity index (χ4v) is 3.83. The van der Waals surface area contributed by atoms with Gasteiger partial charge in [-0.2, -0.15) is 0 Å². The highest BCUT2D eigenvalue weighted by Crippen LogP contribution is 2.30. The molecular formula is C16H20ClN5O2S. The fourth-order valence-electron chi connectivity index (χ4n) is 2.79. The van der Waals surface area contributed by atoms with Crippen molar-refractivity contribution in [1.82, 2.24) is 10.2 Å². The Morgan fingerprint density at radius 1 is 1.36 bits per heavy atom. The van der Waals surface area contributed by atoms with Crippen LogP contribution in [-0.2, 0) is 0 Å². The molecule has 0 radical (unpaired) electrons. The smallest absolute Gasteiger partial charge is 0.325 e. The van der Waals surface area contributed by atoms with E-state index in [-0.39, 0.29) is 0 Å². The average molecular weight is 382 g/mol. The highest BCUT2D eigenvalue weighted by atomic mass is 35.5. The van der Waals surface area contributed by atoms with Crippen LogP contribution in [0.4, 0.5) is 20.7 Å². The van der Waals surface area contributed by atoms with Gasteiger partial charge in [0.1, 0.15) is 5.75 Å². The molecule has 1 fully saturated rings. The van der Waals surface area contributed by atoms with Gasteiger partial charge in [-0.3, -0.25) is 5.32 Å². The molecule has 0 spiro atoms. The second-order valence-electron chi connectivity index (χ2n) is 5.85. The number of carbonyl (C=O) groups excluding carboxylic acids is 1. The maximum atomic E-state index is 12.2. The first kappa shape index (κ1) is 17.8. The Morgan fingerprint density at radius 3 is 2.96 bits per heavy atom. The maximum absolute atomic E-state index is 12.2. The normalized spacial score (nSPS) is 17.2. The molecule has 1 aliphatic rings. The van der Waals surface area contributed by atoms with Crippen molar-refractivity contribution >= 4 is 44.9 Å². The lowest BCUT2D eigenvalue weighted by Crippen LogP contribution is -2.37. The third-order valence-corrected chi connectivity index (χ3v) is 5.20. The first-order valence-electron chi connectivity index (χ1n) is 8.08. The van der Waals surface area contributed by atoms with Crippen molar-refractivity contribution in [1.29, 1.82) is 0 Å². The Hall–Kier alpha value is -2.06. The third-order valence-electron chi connectivity index (χ3n) is 4.09. The van der Waals surface area contributed by atoms with Gasteiger partial charge >= 0.3 is 6.03 Å². The Labute approximate surface area is 155 Å². The summed E-state index contributed by atoms with van der Waals surface area (Å²) in [5, 5.41) is 15.5. The molecule has 0 aliphatic carbocycles. The predicted octanol–water partition coefficient (Wildman–Crippen LogP) is 4.22. The standard InChI is InChI=1S/C16H20ClN5O2S/c1-10-5-3-4-8-22(10)16-21-20-15(25-16)19-14(23)18-12-9-11(17)6-7-13(12)24-2/h6-7,9-10H,3-5,8H2,1-2H3,(H2,18,19,20,23). The van der Waals surface area contributed by atoms with Crippen LogP contribution in [0.1, 0.15) is 26.2 Å². The van der Waals surface area contributed by atoms with Crippen molar-refractivity contribution < 1.29 is 9.53 Å². The molecule has 25 heavy (non-hydrogen) atoms. The lowest BCUT2D eigenvalue weighted by Gasteiger charge is -2.32. The molecule has 0 bridgehead atoms. The van der Waals surface area contributed by atoms with Crippen molar-refractivity contribution in [2.45, 2.75) is 32.2 Å². The van der Waals surface area contributed by atoms with Crippen molar-refractivity contribution in [2.24, 2.45) is 0 Å². The van der Waals surface area contributed by atoms with Crippen LogP contribution in [0.15, 0.2) is 18.2 Å². The van der Waals surface area contributed by atoms with E-state index in [4.69, 9.17) is 16.3 Å². The van der Waals surface area contributed by atoms with E-state index in [0.717, 1.165) is 24.5 Å². The summed E-state index contributed by atoms with van der Waals surface area (Å²) in [7, 11) is 1.53. The van der Waals surface area contributed by atoms with Crippen LogP contribution >= 0.6 is 22.9 Å². The number of piperidine rings is 1. The number of halogens is 1. The molecule has 2 N–H and O–H groups in total. The van der Waals surface area contributed by atoms with E-state index in [9.17, 15) is 4.79 Å². The molecule has 3 rings (SSSR count). The molecule has 0 saturated carbocycles. The quantitative estimate of drug-likeness (QED) is 0.828. The number of methoxy groups -OCH3 is 1. The summed E-state index contributed by atoms with van der Waals surface area (Å²) in [5.74, 6) is 0.527. The lowest BCUT2D eigenvalue weighted by atomic mass is 10.1. The molecule has 1 unspecified atom stereocenters. The van der Waals surface area contributed by atoms with Gasteiger partial charge in [-0.15, -0.1) is 10.2 Å². The summed E-state index contributed by atoms with van der Waals surface area (Å²) in [6.45, 7) is 3.16. The van der Waals surface area contributed by atoms with E-state index in [1.807, 2.05) is 0 Å². The molecule has 1 aromatic heterocycles. The van der Waals surface area contributed by atoms with Crippen LogP contribution in [0.3, 0.4) is 0 Å². The Bertz CT molecular complexity index is 754. The van der Waals surface area contributed by atoms with Crippen molar-refractivity contribution in [3.63, 3.8) is 0 Å². The minimum absolute atomic E-state index is 0.421. The van der Waals surface area contributed by atoms with Crippen LogP contribution in [0.5, 0.6) is 5.75 Å². The molecule has 1 saturated heterocycles. The number of hydrogen-bond donors (Lipinski definition) is 2. The summed E-state index contributed by atoms with van der Waals surface area (Å²) in [5.41, 5.74) is 0.488. The second kappa shape index (κ2) is 7.88. The number of urea groups is 1. The number of anilines is 3. The van der Waals surface area contributed by atoms with Gasteiger partial charge in [0.2, 0.25) is 10.3 Å². The fraction of sp³-hybridized carbons (Fsp3) is 0.438. The summed E-state index contributed by atoms with van der Waals surface area (Å²) in [6, 6.07) is 5.04. The zero-order valence-corrected chi connectivity index (χ0v) is 15.7. The molecule has 7 nitrogen and oxygen atoms in total. The molecule has 2 heterocycles. The van der Waals surface area contributed by atoms with Crippen molar-refractivity contribution in [2.75, 3.05) is 29.2 Å². The predicted molar refractivity (Wildman–Crippen MR) is 101 cm³/mol. The number of rotatable bonds is 4. The third kappa shape index (κ3) is 4.32. The SMILES string of the molecule is COc1ccc(Cl)cc1NC(=O)Nc1nnc(N2CCCCC2C)s1. The molecule has 1 aromatic carbocycles. The first-order chi connectivity index (χ1) is 12.1. The van der Waals surface area contributed by atoms with Gasteiger partial charge in [0.05, 0.1) is 12.8 Å². The summed E-state index contributed by atoms with van der Waals surface area (Å²) in [6.07, 6.45) is 3.55. The minimum Gasteiger partial charge on any atom is -0.495 e. The Balaban J connectivity index is 1.65. The maximum Gasteiger partial charge on any atom is 0.325 e. The van der Waals surface area contributed by atoms with Crippen molar-refractivity contribution in [3.05, 3.63) is 23.2 Å². The lowest BCUT2D eigenvalue weighted by molar-refractivity contribution is 0.262. The topological polar surface area (TPSA) is 79.4 Å². The molecular weight excluding hydrogens is 362 g/mol. The molecule has 134 valence electrons.